The van der Waals surface area contributed by atoms with Gasteiger partial charge < -0.3 is 24.4 Å². The van der Waals surface area contributed by atoms with Crippen LogP contribution in [0, 0.1) is 0 Å². The topological polar surface area (TPSA) is 77.1 Å². The highest BCUT2D eigenvalue weighted by Gasteiger charge is 2.31. The molecule has 1 aliphatic heterocycles. The zero-order chi connectivity index (χ0) is 23.2. The summed E-state index contributed by atoms with van der Waals surface area (Å²) in [5, 5.41) is 3.37. The first-order chi connectivity index (χ1) is 16.0. The summed E-state index contributed by atoms with van der Waals surface area (Å²) in [6.45, 7) is 2.25. The number of benzene rings is 3. The highest BCUT2D eigenvalue weighted by Crippen LogP contribution is 2.36. The van der Waals surface area contributed by atoms with E-state index in [-0.39, 0.29) is 18.4 Å². The molecule has 3 aromatic rings. The zero-order valence-corrected chi connectivity index (χ0v) is 18.7. The summed E-state index contributed by atoms with van der Waals surface area (Å²) in [6, 6.07) is 21.4. The highest BCUT2D eigenvalue weighted by atomic mass is 35.5. The van der Waals surface area contributed by atoms with Crippen molar-refractivity contribution in [1.82, 2.24) is 0 Å². The van der Waals surface area contributed by atoms with Crippen molar-refractivity contribution in [3.8, 4) is 17.2 Å². The molecule has 0 aliphatic carbocycles. The van der Waals surface area contributed by atoms with Crippen molar-refractivity contribution in [1.29, 1.82) is 0 Å². The van der Waals surface area contributed by atoms with Crippen LogP contribution in [0.1, 0.15) is 6.92 Å². The predicted molar refractivity (Wildman–Crippen MR) is 126 cm³/mol. The van der Waals surface area contributed by atoms with Crippen LogP contribution in [0.3, 0.4) is 0 Å². The third-order valence-corrected chi connectivity index (χ3v) is 5.21. The molecule has 0 bridgehead atoms. The number of carbonyl (C=O) groups is 2. The van der Waals surface area contributed by atoms with Crippen molar-refractivity contribution in [3.05, 3.63) is 77.8 Å². The molecule has 33 heavy (non-hydrogen) atoms. The van der Waals surface area contributed by atoms with E-state index in [9.17, 15) is 9.59 Å². The van der Waals surface area contributed by atoms with E-state index in [0.29, 0.717) is 41.0 Å². The number of rotatable bonds is 8. The lowest BCUT2D eigenvalue weighted by molar-refractivity contribution is -0.125. The summed E-state index contributed by atoms with van der Waals surface area (Å²) < 4.78 is 17.0. The van der Waals surface area contributed by atoms with Gasteiger partial charge in [0.2, 0.25) is 0 Å². The molecule has 1 unspecified atom stereocenters. The van der Waals surface area contributed by atoms with Crippen molar-refractivity contribution < 1.29 is 23.8 Å². The van der Waals surface area contributed by atoms with Crippen LogP contribution >= 0.6 is 11.6 Å². The summed E-state index contributed by atoms with van der Waals surface area (Å²) in [4.78, 5) is 26.6. The van der Waals surface area contributed by atoms with E-state index in [1.54, 1.807) is 54.3 Å². The second kappa shape index (κ2) is 10.3. The number of nitrogens with zero attached hydrogens (tertiary/aromatic N) is 1. The maximum Gasteiger partial charge on any atom is 0.267 e. The van der Waals surface area contributed by atoms with E-state index in [4.69, 9.17) is 25.8 Å². The van der Waals surface area contributed by atoms with E-state index in [1.165, 1.54) is 0 Å². The van der Waals surface area contributed by atoms with Crippen LogP contribution in [-0.4, -0.2) is 37.7 Å². The van der Waals surface area contributed by atoms with Gasteiger partial charge in [-0.05, 0) is 55.5 Å². The number of carbonyl (C=O) groups excluding carboxylic acids is 2. The Morgan fingerprint density at radius 2 is 1.76 bits per heavy atom. The number of ether oxygens (including phenoxy) is 3. The zero-order valence-electron chi connectivity index (χ0n) is 18.0. The molecule has 7 nitrogen and oxygen atoms in total. The first-order valence-electron chi connectivity index (χ1n) is 10.5. The molecule has 0 spiro atoms. The van der Waals surface area contributed by atoms with Crippen LogP contribution in [0.25, 0.3) is 0 Å². The average molecular weight is 467 g/mol. The van der Waals surface area contributed by atoms with Gasteiger partial charge in [0.05, 0.1) is 12.2 Å². The van der Waals surface area contributed by atoms with Gasteiger partial charge in [0, 0.05) is 16.8 Å². The minimum absolute atomic E-state index is 0.146. The third-order valence-electron chi connectivity index (χ3n) is 4.96. The Morgan fingerprint density at radius 1 is 1.03 bits per heavy atom. The molecule has 0 aromatic heterocycles. The second-order valence-corrected chi connectivity index (χ2v) is 7.82. The fourth-order valence-electron chi connectivity index (χ4n) is 3.37. The van der Waals surface area contributed by atoms with E-state index in [2.05, 4.69) is 5.32 Å². The maximum atomic E-state index is 12.7. The summed E-state index contributed by atoms with van der Waals surface area (Å²) in [7, 11) is 0. The van der Waals surface area contributed by atoms with Crippen LogP contribution < -0.4 is 24.4 Å². The number of anilines is 2. The number of nitrogens with one attached hydrogen (secondary N) is 1. The van der Waals surface area contributed by atoms with Crippen molar-refractivity contribution in [2.75, 3.05) is 30.0 Å². The van der Waals surface area contributed by atoms with Gasteiger partial charge in [-0.15, -0.1) is 0 Å². The first kappa shape index (κ1) is 22.5. The van der Waals surface area contributed by atoms with Crippen molar-refractivity contribution >= 4 is 34.8 Å². The minimum Gasteiger partial charge on any atom is -0.492 e. The quantitative estimate of drug-likeness (QED) is 0.527. The van der Waals surface area contributed by atoms with Crippen molar-refractivity contribution in [2.45, 2.75) is 13.0 Å². The molecular weight excluding hydrogens is 444 g/mol. The Hall–Kier alpha value is -3.71. The summed E-state index contributed by atoms with van der Waals surface area (Å²) in [5.74, 6) is 1.33. The number of para-hydroxylation sites is 1. The van der Waals surface area contributed by atoms with Gasteiger partial charge in [0.1, 0.15) is 23.9 Å². The molecule has 1 heterocycles. The van der Waals surface area contributed by atoms with Gasteiger partial charge in [-0.25, -0.2) is 0 Å². The molecule has 170 valence electrons. The van der Waals surface area contributed by atoms with Crippen molar-refractivity contribution in [3.63, 3.8) is 0 Å². The Labute approximate surface area is 196 Å². The van der Waals surface area contributed by atoms with Crippen molar-refractivity contribution in [2.24, 2.45) is 0 Å². The van der Waals surface area contributed by atoms with Crippen LogP contribution in [0.2, 0.25) is 5.02 Å². The Bertz CT molecular complexity index is 1120. The molecule has 2 amide bonds. The van der Waals surface area contributed by atoms with Crippen LogP contribution in [0.5, 0.6) is 17.2 Å². The smallest absolute Gasteiger partial charge is 0.267 e. The lowest BCUT2D eigenvalue weighted by Crippen LogP contribution is -2.46. The monoisotopic (exact) mass is 466 g/mol. The predicted octanol–water partition coefficient (Wildman–Crippen LogP) is 4.55. The number of hydrogen-bond donors (Lipinski definition) is 1. The van der Waals surface area contributed by atoms with Crippen LogP contribution in [0.15, 0.2) is 72.8 Å². The van der Waals surface area contributed by atoms with Gasteiger partial charge in [0.15, 0.2) is 12.7 Å². The molecule has 8 heteroatoms. The molecule has 0 fully saturated rings. The minimum atomic E-state index is -0.645. The Balaban J connectivity index is 1.38. The number of amides is 2. The molecule has 1 N–H and O–H groups in total. The molecule has 0 saturated carbocycles. The molecular formula is C25H23ClN2O5. The number of hydrogen-bond acceptors (Lipinski definition) is 5. The van der Waals surface area contributed by atoms with Gasteiger partial charge >= 0.3 is 0 Å². The summed E-state index contributed by atoms with van der Waals surface area (Å²) in [6.07, 6.45) is -0.645. The second-order valence-electron chi connectivity index (χ2n) is 7.38. The van der Waals surface area contributed by atoms with E-state index in [0.717, 1.165) is 5.75 Å². The lowest BCUT2D eigenvalue weighted by atomic mass is 10.1. The standard InChI is InChI=1S/C25H23ClN2O5/c1-17-25(30)28(13-14-31-20-5-3-2-4-6-20)22-12-9-19(15-23(22)33-17)27-24(29)16-32-21-10-7-18(26)8-11-21/h2-12,15,17H,13-14,16H2,1H3,(H,27,29). The van der Waals surface area contributed by atoms with Gasteiger partial charge in [0.25, 0.3) is 11.8 Å². The highest BCUT2D eigenvalue weighted by molar-refractivity contribution is 6.30. The largest absolute Gasteiger partial charge is 0.492 e. The molecule has 4 rings (SSSR count). The first-order valence-corrected chi connectivity index (χ1v) is 10.9. The van der Waals surface area contributed by atoms with Gasteiger partial charge in [-0.2, -0.15) is 0 Å². The lowest BCUT2D eigenvalue weighted by Gasteiger charge is -2.33. The number of fused-ring (bicyclic) bond motifs is 1. The normalized spacial score (nSPS) is 14.8. The third kappa shape index (κ3) is 5.75. The average Bonchev–Trinajstić information content (AvgIpc) is 2.82. The van der Waals surface area contributed by atoms with Gasteiger partial charge in [-0.3, -0.25) is 9.59 Å². The number of halogens is 1. The Kier molecular flexibility index (Phi) is 7.00. The Morgan fingerprint density at radius 3 is 2.52 bits per heavy atom. The summed E-state index contributed by atoms with van der Waals surface area (Å²) in [5.41, 5.74) is 1.17. The fourth-order valence-corrected chi connectivity index (χ4v) is 3.49. The van der Waals surface area contributed by atoms with Gasteiger partial charge in [-0.1, -0.05) is 29.8 Å². The van der Waals surface area contributed by atoms with E-state index >= 15 is 0 Å². The maximum absolute atomic E-state index is 12.7. The van der Waals surface area contributed by atoms with E-state index in [1.807, 2.05) is 30.3 Å². The molecule has 3 aromatic carbocycles. The summed E-state index contributed by atoms with van der Waals surface area (Å²) >= 11 is 5.85. The molecule has 1 atom stereocenters. The van der Waals surface area contributed by atoms with Crippen LogP contribution in [0.4, 0.5) is 11.4 Å². The molecule has 0 saturated heterocycles. The van der Waals surface area contributed by atoms with Crippen LogP contribution in [-0.2, 0) is 9.59 Å². The molecule has 1 aliphatic rings. The SMILES string of the molecule is CC1Oc2cc(NC(=O)COc3ccc(Cl)cc3)ccc2N(CCOc2ccccc2)C1=O. The van der Waals surface area contributed by atoms with E-state index < -0.39 is 6.10 Å². The molecule has 0 radical (unpaired) electrons. The fraction of sp³-hybridized carbons (Fsp3) is 0.200.